The zero-order valence-electron chi connectivity index (χ0n) is 13.2. The van der Waals surface area contributed by atoms with Crippen molar-refractivity contribution < 1.29 is 14.3 Å². The van der Waals surface area contributed by atoms with E-state index in [2.05, 4.69) is 0 Å². The summed E-state index contributed by atoms with van der Waals surface area (Å²) in [5.74, 6) is 0.355. The summed E-state index contributed by atoms with van der Waals surface area (Å²) in [6.07, 6.45) is 5.19. The summed E-state index contributed by atoms with van der Waals surface area (Å²) in [6, 6.07) is 3.27. The van der Waals surface area contributed by atoms with Gasteiger partial charge in [0.2, 0.25) is 0 Å². The minimum atomic E-state index is -0.438. The number of rotatable bonds is 3. The third kappa shape index (κ3) is 3.17. The maximum Gasteiger partial charge on any atom is 0.256 e. The van der Waals surface area contributed by atoms with Gasteiger partial charge in [0, 0.05) is 12.1 Å². The molecule has 2 fully saturated rings. The first-order valence-electron chi connectivity index (χ1n) is 8.15. The first kappa shape index (κ1) is 16.9. The lowest BCUT2D eigenvalue weighted by atomic mass is 9.90. The molecule has 0 bridgehead atoms. The third-order valence-corrected chi connectivity index (χ3v) is 5.15. The second-order valence-electron chi connectivity index (χ2n) is 6.01. The highest BCUT2D eigenvalue weighted by Gasteiger charge is 2.45. The lowest BCUT2D eigenvalue weighted by molar-refractivity contribution is -0.0919. The van der Waals surface area contributed by atoms with Crippen LogP contribution in [0.15, 0.2) is 12.1 Å². The molecule has 6 heteroatoms. The summed E-state index contributed by atoms with van der Waals surface area (Å²) in [7, 11) is 0. The van der Waals surface area contributed by atoms with Gasteiger partial charge in [0.1, 0.15) is 5.72 Å². The number of hydrogen-bond acceptors (Lipinski definition) is 3. The van der Waals surface area contributed by atoms with Crippen molar-refractivity contribution in [2.45, 2.75) is 44.8 Å². The van der Waals surface area contributed by atoms with Gasteiger partial charge in [-0.2, -0.15) is 0 Å². The van der Waals surface area contributed by atoms with E-state index in [1.165, 1.54) is 6.42 Å². The minimum Gasteiger partial charge on any atom is -0.491 e. The highest BCUT2D eigenvalue weighted by molar-refractivity contribution is 6.37. The first-order valence-corrected chi connectivity index (χ1v) is 8.91. The molecule has 1 heterocycles. The van der Waals surface area contributed by atoms with Gasteiger partial charge in [0.15, 0.2) is 5.75 Å². The van der Waals surface area contributed by atoms with Crippen molar-refractivity contribution in [2.24, 2.45) is 0 Å². The molecule has 1 saturated carbocycles. The average Bonchev–Trinajstić information content (AvgIpc) is 2.93. The van der Waals surface area contributed by atoms with E-state index in [0.717, 1.165) is 25.7 Å². The summed E-state index contributed by atoms with van der Waals surface area (Å²) in [6.45, 7) is 3.53. The number of amides is 1. The molecule has 1 spiro atoms. The van der Waals surface area contributed by atoms with Crippen LogP contribution in [0.1, 0.15) is 49.4 Å². The highest BCUT2D eigenvalue weighted by Crippen LogP contribution is 2.40. The molecule has 0 N–H and O–H groups in total. The van der Waals surface area contributed by atoms with Gasteiger partial charge in [0.05, 0.1) is 23.3 Å². The number of benzene rings is 1. The van der Waals surface area contributed by atoms with Crippen LogP contribution in [0.25, 0.3) is 0 Å². The molecule has 23 heavy (non-hydrogen) atoms. The molecule has 0 unspecified atom stereocenters. The van der Waals surface area contributed by atoms with E-state index in [1.54, 1.807) is 12.1 Å². The van der Waals surface area contributed by atoms with Crippen LogP contribution in [0.5, 0.6) is 5.75 Å². The molecular weight excluding hydrogens is 337 g/mol. The molecule has 1 aliphatic carbocycles. The van der Waals surface area contributed by atoms with Crippen LogP contribution in [0.2, 0.25) is 10.0 Å². The standard InChI is InChI=1S/C17H21Cl2NO3/c1-2-22-15-13(18)10-12(11-14(15)19)16(21)20-8-9-23-17(20)6-4-3-5-7-17/h10-11H,2-9H2,1H3. The van der Waals surface area contributed by atoms with Crippen LogP contribution < -0.4 is 4.74 Å². The van der Waals surface area contributed by atoms with Gasteiger partial charge >= 0.3 is 0 Å². The fourth-order valence-corrected chi connectivity index (χ4v) is 4.13. The molecule has 3 rings (SSSR count). The topological polar surface area (TPSA) is 38.8 Å². The normalized spacial score (nSPS) is 20.0. The second kappa shape index (κ2) is 6.88. The Morgan fingerprint density at radius 2 is 1.91 bits per heavy atom. The lowest BCUT2D eigenvalue weighted by Gasteiger charge is -2.40. The van der Waals surface area contributed by atoms with Crippen molar-refractivity contribution in [2.75, 3.05) is 19.8 Å². The molecule has 1 amide bonds. The highest BCUT2D eigenvalue weighted by atomic mass is 35.5. The lowest BCUT2D eigenvalue weighted by Crippen LogP contribution is -2.49. The molecule has 4 nitrogen and oxygen atoms in total. The monoisotopic (exact) mass is 357 g/mol. The van der Waals surface area contributed by atoms with Gasteiger partial charge in [-0.1, -0.05) is 29.6 Å². The van der Waals surface area contributed by atoms with Gasteiger partial charge in [-0.05, 0) is 44.7 Å². The molecule has 126 valence electrons. The quantitative estimate of drug-likeness (QED) is 0.797. The molecule has 0 radical (unpaired) electrons. The van der Waals surface area contributed by atoms with Gasteiger partial charge < -0.3 is 14.4 Å². The van der Waals surface area contributed by atoms with Crippen LogP contribution in [0, 0.1) is 0 Å². The largest absolute Gasteiger partial charge is 0.491 e. The second-order valence-corrected chi connectivity index (χ2v) is 6.83. The van der Waals surface area contributed by atoms with Gasteiger partial charge in [0.25, 0.3) is 5.91 Å². The first-order chi connectivity index (χ1) is 11.1. The maximum absolute atomic E-state index is 13.0. The van der Waals surface area contributed by atoms with Crippen LogP contribution >= 0.6 is 23.2 Å². The molecule has 0 atom stereocenters. The Balaban J connectivity index is 1.88. The predicted molar refractivity (Wildman–Crippen MR) is 90.4 cm³/mol. The Morgan fingerprint density at radius 1 is 1.26 bits per heavy atom. The predicted octanol–water partition coefficient (Wildman–Crippen LogP) is 4.52. The number of hydrogen-bond donors (Lipinski definition) is 0. The van der Waals surface area contributed by atoms with Crippen molar-refractivity contribution in [3.05, 3.63) is 27.7 Å². The van der Waals surface area contributed by atoms with Gasteiger partial charge in [-0.3, -0.25) is 4.79 Å². The van der Waals surface area contributed by atoms with Crippen LogP contribution in [0.4, 0.5) is 0 Å². The minimum absolute atomic E-state index is 0.0729. The maximum atomic E-state index is 13.0. The smallest absolute Gasteiger partial charge is 0.256 e. The Morgan fingerprint density at radius 3 is 2.52 bits per heavy atom. The van der Waals surface area contributed by atoms with Crippen molar-refractivity contribution in [3.63, 3.8) is 0 Å². The Labute approximate surface area is 146 Å². The van der Waals surface area contributed by atoms with E-state index in [9.17, 15) is 4.79 Å². The van der Waals surface area contributed by atoms with Crippen LogP contribution in [-0.2, 0) is 4.74 Å². The van der Waals surface area contributed by atoms with Crippen LogP contribution in [-0.4, -0.2) is 36.3 Å². The van der Waals surface area contributed by atoms with E-state index in [1.807, 2.05) is 11.8 Å². The van der Waals surface area contributed by atoms with E-state index in [0.29, 0.717) is 41.1 Å². The summed E-state index contributed by atoms with van der Waals surface area (Å²) >= 11 is 12.5. The fraction of sp³-hybridized carbons (Fsp3) is 0.588. The fourth-order valence-electron chi connectivity index (χ4n) is 3.54. The molecule has 1 aromatic carbocycles. The van der Waals surface area contributed by atoms with Crippen molar-refractivity contribution >= 4 is 29.1 Å². The summed E-state index contributed by atoms with van der Waals surface area (Å²) < 4.78 is 11.4. The number of nitrogens with zero attached hydrogens (tertiary/aromatic N) is 1. The Hall–Kier alpha value is -0.970. The van der Waals surface area contributed by atoms with Gasteiger partial charge in [-0.25, -0.2) is 0 Å². The molecule has 1 aliphatic heterocycles. The van der Waals surface area contributed by atoms with Crippen LogP contribution in [0.3, 0.4) is 0 Å². The summed E-state index contributed by atoms with van der Waals surface area (Å²) in [5, 5.41) is 0.723. The Kier molecular flexibility index (Phi) is 5.04. The third-order valence-electron chi connectivity index (χ3n) is 4.59. The zero-order chi connectivity index (χ0) is 16.4. The van der Waals surface area contributed by atoms with Crippen molar-refractivity contribution in [1.82, 2.24) is 4.90 Å². The van der Waals surface area contributed by atoms with E-state index < -0.39 is 5.72 Å². The molecule has 1 saturated heterocycles. The molecule has 2 aliphatic rings. The number of carbonyl (C=O) groups is 1. The number of carbonyl (C=O) groups excluding carboxylic acids is 1. The van der Waals surface area contributed by atoms with E-state index in [-0.39, 0.29) is 5.91 Å². The van der Waals surface area contributed by atoms with E-state index in [4.69, 9.17) is 32.7 Å². The number of ether oxygens (including phenoxy) is 2. The van der Waals surface area contributed by atoms with Crippen molar-refractivity contribution in [1.29, 1.82) is 0 Å². The number of halogens is 2. The Bertz CT molecular complexity index is 576. The SMILES string of the molecule is CCOc1c(Cl)cc(C(=O)N2CCOC23CCCCC3)cc1Cl. The molecule has 1 aromatic rings. The molecule has 0 aromatic heterocycles. The zero-order valence-corrected chi connectivity index (χ0v) is 14.8. The van der Waals surface area contributed by atoms with E-state index >= 15 is 0 Å². The molecular formula is C17H21Cl2NO3. The summed E-state index contributed by atoms with van der Waals surface area (Å²) in [5.41, 5.74) is 0.0475. The summed E-state index contributed by atoms with van der Waals surface area (Å²) in [4.78, 5) is 14.8. The van der Waals surface area contributed by atoms with Gasteiger partial charge in [-0.15, -0.1) is 0 Å². The van der Waals surface area contributed by atoms with Crippen molar-refractivity contribution in [3.8, 4) is 5.75 Å². The average molecular weight is 358 g/mol.